The Morgan fingerprint density at radius 1 is 1.07 bits per heavy atom. The van der Waals surface area contributed by atoms with Crippen molar-refractivity contribution in [3.63, 3.8) is 0 Å². The summed E-state index contributed by atoms with van der Waals surface area (Å²) < 4.78 is 1.48. The Labute approximate surface area is 156 Å². The number of amides is 1. The Morgan fingerprint density at radius 3 is 2.44 bits per heavy atom. The molecule has 138 valence electrons. The topological polar surface area (TPSA) is 71.3 Å². The first-order chi connectivity index (χ1) is 13.1. The predicted octanol–water partition coefficient (Wildman–Crippen LogP) is 2.08. The Balaban J connectivity index is 1.91. The molecule has 3 aromatic rings. The van der Waals surface area contributed by atoms with E-state index in [9.17, 15) is 9.59 Å². The predicted molar refractivity (Wildman–Crippen MR) is 105 cm³/mol. The number of pyridine rings is 1. The molecule has 0 N–H and O–H groups in total. The normalized spacial score (nSPS) is 13.9. The van der Waals surface area contributed by atoms with E-state index in [2.05, 4.69) is 9.97 Å². The lowest BCUT2D eigenvalue weighted by atomic mass is 10.2. The summed E-state index contributed by atoms with van der Waals surface area (Å²) in [6.07, 6.45) is 3.54. The third kappa shape index (κ3) is 3.05. The minimum atomic E-state index is -0.435. The highest BCUT2D eigenvalue weighted by atomic mass is 16.2. The molecule has 2 aromatic heterocycles. The number of benzene rings is 1. The number of aromatic nitrogens is 3. The van der Waals surface area contributed by atoms with Crippen LogP contribution in [0.1, 0.15) is 23.3 Å². The maximum absolute atomic E-state index is 13.2. The van der Waals surface area contributed by atoms with Gasteiger partial charge in [0.25, 0.3) is 11.5 Å². The van der Waals surface area contributed by atoms with Gasteiger partial charge in [-0.25, -0.2) is 9.97 Å². The van der Waals surface area contributed by atoms with E-state index in [0.29, 0.717) is 29.9 Å². The summed E-state index contributed by atoms with van der Waals surface area (Å²) in [5, 5.41) is 0. The fourth-order valence-electron chi connectivity index (χ4n) is 3.37. The Hall–Kier alpha value is -3.22. The van der Waals surface area contributed by atoms with Gasteiger partial charge in [0.1, 0.15) is 5.52 Å². The van der Waals surface area contributed by atoms with E-state index in [1.54, 1.807) is 23.2 Å². The fraction of sp³-hybridized carbons (Fsp3) is 0.300. The summed E-state index contributed by atoms with van der Waals surface area (Å²) in [6.45, 7) is 1.34. The van der Waals surface area contributed by atoms with E-state index in [-0.39, 0.29) is 11.6 Å². The van der Waals surface area contributed by atoms with Crippen LogP contribution in [0.15, 0.2) is 47.4 Å². The zero-order valence-electron chi connectivity index (χ0n) is 15.4. The zero-order valence-corrected chi connectivity index (χ0v) is 15.4. The zero-order chi connectivity index (χ0) is 19.0. The third-order valence-electron chi connectivity index (χ3n) is 4.84. The second-order valence-electron chi connectivity index (χ2n) is 6.86. The number of fused-ring (bicyclic) bond motifs is 1. The van der Waals surface area contributed by atoms with Gasteiger partial charge in [0.15, 0.2) is 11.3 Å². The molecule has 0 atom stereocenters. The highest BCUT2D eigenvalue weighted by Crippen LogP contribution is 2.18. The number of carbonyl (C=O) groups is 1. The molecule has 1 aromatic carbocycles. The van der Waals surface area contributed by atoms with Crippen molar-refractivity contribution >= 4 is 22.8 Å². The monoisotopic (exact) mass is 363 g/mol. The van der Waals surface area contributed by atoms with E-state index in [1.807, 2.05) is 43.3 Å². The molecule has 1 aliphatic rings. The van der Waals surface area contributed by atoms with Crippen LogP contribution in [0.25, 0.3) is 16.9 Å². The van der Waals surface area contributed by atoms with Gasteiger partial charge in [-0.05, 0) is 49.2 Å². The van der Waals surface area contributed by atoms with Crippen molar-refractivity contribution in [2.75, 3.05) is 32.1 Å². The van der Waals surface area contributed by atoms with Gasteiger partial charge in [0, 0.05) is 39.1 Å². The maximum atomic E-state index is 13.2. The first-order valence-electron chi connectivity index (χ1n) is 9.01. The molecular formula is C20H21N5O2. The molecule has 0 radical (unpaired) electrons. The van der Waals surface area contributed by atoms with Crippen molar-refractivity contribution in [1.82, 2.24) is 19.4 Å². The number of anilines is 1. The van der Waals surface area contributed by atoms with Crippen molar-refractivity contribution in [3.8, 4) is 5.69 Å². The molecule has 0 spiro atoms. The summed E-state index contributed by atoms with van der Waals surface area (Å²) in [6, 6.07) is 11.1. The van der Waals surface area contributed by atoms with Crippen LogP contribution in [-0.2, 0) is 0 Å². The summed E-state index contributed by atoms with van der Waals surface area (Å²) in [5.74, 6) is -0.304. The van der Waals surface area contributed by atoms with Crippen LogP contribution in [0.5, 0.6) is 0 Å². The fourth-order valence-corrected chi connectivity index (χ4v) is 3.37. The smallest absolute Gasteiger partial charge is 0.288 e. The van der Waals surface area contributed by atoms with E-state index in [0.717, 1.165) is 18.5 Å². The quantitative estimate of drug-likeness (QED) is 0.712. The van der Waals surface area contributed by atoms with E-state index < -0.39 is 5.56 Å². The second-order valence-corrected chi connectivity index (χ2v) is 6.86. The van der Waals surface area contributed by atoms with Crippen molar-refractivity contribution in [3.05, 3.63) is 58.6 Å². The van der Waals surface area contributed by atoms with Gasteiger partial charge in [-0.3, -0.25) is 14.2 Å². The van der Waals surface area contributed by atoms with Crippen LogP contribution < -0.4 is 10.5 Å². The van der Waals surface area contributed by atoms with E-state index >= 15 is 0 Å². The van der Waals surface area contributed by atoms with Crippen LogP contribution in [0.3, 0.4) is 0 Å². The van der Waals surface area contributed by atoms with Crippen LogP contribution in [0.2, 0.25) is 0 Å². The molecule has 1 aliphatic heterocycles. The minimum absolute atomic E-state index is 0.0471. The lowest BCUT2D eigenvalue weighted by molar-refractivity contribution is 0.0785. The lowest BCUT2D eigenvalue weighted by Crippen LogP contribution is -2.36. The van der Waals surface area contributed by atoms with Gasteiger partial charge in [-0.15, -0.1) is 0 Å². The van der Waals surface area contributed by atoms with Crippen molar-refractivity contribution in [2.24, 2.45) is 0 Å². The minimum Gasteiger partial charge on any atom is -0.378 e. The third-order valence-corrected chi connectivity index (χ3v) is 4.84. The maximum Gasteiger partial charge on any atom is 0.288 e. The summed E-state index contributed by atoms with van der Waals surface area (Å²) >= 11 is 0. The Morgan fingerprint density at radius 2 is 1.78 bits per heavy atom. The molecule has 27 heavy (non-hydrogen) atoms. The summed E-state index contributed by atoms with van der Waals surface area (Å²) in [7, 11) is 3.91. The molecular weight excluding hydrogens is 342 g/mol. The van der Waals surface area contributed by atoms with Gasteiger partial charge in [0.2, 0.25) is 0 Å². The highest BCUT2D eigenvalue weighted by molar-refractivity contribution is 5.94. The van der Waals surface area contributed by atoms with Gasteiger partial charge >= 0.3 is 0 Å². The van der Waals surface area contributed by atoms with E-state index in [1.165, 1.54) is 4.57 Å². The van der Waals surface area contributed by atoms with Crippen molar-refractivity contribution in [2.45, 2.75) is 12.8 Å². The molecule has 7 heteroatoms. The summed E-state index contributed by atoms with van der Waals surface area (Å²) in [5.41, 5.74) is 2.16. The average molecular weight is 363 g/mol. The first-order valence-corrected chi connectivity index (χ1v) is 9.01. The highest BCUT2D eigenvalue weighted by Gasteiger charge is 2.25. The number of hydrogen-bond acceptors (Lipinski definition) is 5. The number of carbonyl (C=O) groups excluding carboxylic acids is 1. The largest absolute Gasteiger partial charge is 0.378 e. The SMILES string of the molecule is CN(C)c1ccc(-n2c(=O)c(C(=O)N3CCCC3)nc3cccnc32)cc1. The standard InChI is InChI=1S/C20H21N5O2/c1-23(2)14-7-9-15(10-8-14)25-18-16(6-5-11-21-18)22-17(20(25)27)19(26)24-12-3-4-13-24/h5-11H,3-4,12-13H2,1-2H3. The first kappa shape index (κ1) is 17.2. The lowest BCUT2D eigenvalue weighted by Gasteiger charge is -2.17. The molecule has 0 bridgehead atoms. The van der Waals surface area contributed by atoms with Crippen LogP contribution in [-0.4, -0.2) is 52.5 Å². The molecule has 0 unspecified atom stereocenters. The van der Waals surface area contributed by atoms with Gasteiger partial charge in [-0.1, -0.05) is 0 Å². The molecule has 0 aliphatic carbocycles. The average Bonchev–Trinajstić information content (AvgIpc) is 3.22. The molecule has 7 nitrogen and oxygen atoms in total. The molecule has 1 saturated heterocycles. The van der Waals surface area contributed by atoms with Gasteiger partial charge in [0.05, 0.1) is 5.69 Å². The second kappa shape index (κ2) is 6.83. The van der Waals surface area contributed by atoms with Gasteiger partial charge < -0.3 is 9.80 Å². The molecule has 0 saturated carbocycles. The molecule has 1 fully saturated rings. The van der Waals surface area contributed by atoms with E-state index in [4.69, 9.17) is 0 Å². The van der Waals surface area contributed by atoms with Crippen molar-refractivity contribution in [1.29, 1.82) is 0 Å². The van der Waals surface area contributed by atoms with Crippen molar-refractivity contribution < 1.29 is 4.79 Å². The summed E-state index contributed by atoms with van der Waals surface area (Å²) in [4.78, 5) is 38.4. The Kier molecular flexibility index (Phi) is 4.35. The number of nitrogens with zero attached hydrogens (tertiary/aromatic N) is 5. The number of likely N-dealkylation sites (tertiary alicyclic amines) is 1. The molecule has 3 heterocycles. The van der Waals surface area contributed by atoms with Crippen LogP contribution in [0.4, 0.5) is 5.69 Å². The number of hydrogen-bond donors (Lipinski definition) is 0. The number of rotatable bonds is 3. The molecule has 4 rings (SSSR count). The van der Waals surface area contributed by atoms with Crippen LogP contribution in [0, 0.1) is 0 Å². The Bertz CT molecular complexity index is 1050. The van der Waals surface area contributed by atoms with Gasteiger partial charge in [-0.2, -0.15) is 0 Å². The van der Waals surface area contributed by atoms with Crippen LogP contribution >= 0.6 is 0 Å². The molecule has 1 amide bonds.